The summed E-state index contributed by atoms with van der Waals surface area (Å²) < 4.78 is 33.9. The fraction of sp³-hybridized carbons (Fsp3) is 0.0556. The van der Waals surface area contributed by atoms with Gasteiger partial charge in [0.25, 0.3) is 11.6 Å². The molecule has 2 heterocycles. The third-order valence-corrected chi connectivity index (χ3v) is 5.01. The average Bonchev–Trinajstić information content (AvgIpc) is 3.05. The third-order valence-electron chi connectivity index (χ3n) is 3.72. The maximum Gasteiger partial charge on any atom is 0.296 e. The van der Waals surface area contributed by atoms with E-state index in [-0.39, 0.29) is 42.9 Å². The van der Waals surface area contributed by atoms with Gasteiger partial charge in [-0.25, -0.2) is 8.78 Å². The van der Waals surface area contributed by atoms with E-state index in [9.17, 15) is 13.6 Å². The van der Waals surface area contributed by atoms with Gasteiger partial charge in [0.15, 0.2) is 5.82 Å². The minimum atomic E-state index is -0.843. The number of aromatic amines is 1. The molecule has 0 saturated heterocycles. The topological polar surface area (TPSA) is 105 Å². The molecule has 10 heteroatoms. The Labute approximate surface area is 166 Å². The summed E-state index contributed by atoms with van der Waals surface area (Å²) in [6.45, 7) is 0. The molecule has 0 radical (unpaired) electrons. The molecule has 6 nitrogen and oxygen atoms in total. The number of nitrogens with zero attached hydrogens (tertiary/aromatic N) is 2. The van der Waals surface area contributed by atoms with Gasteiger partial charge in [-0.2, -0.15) is 10.2 Å². The Morgan fingerprint density at radius 2 is 2.25 bits per heavy atom. The van der Waals surface area contributed by atoms with Crippen LogP contribution in [0, 0.1) is 17.1 Å². The van der Waals surface area contributed by atoms with E-state index in [1.807, 2.05) is 6.07 Å². The third kappa shape index (κ3) is 3.60. The van der Waals surface area contributed by atoms with Gasteiger partial charge in [0.2, 0.25) is 0 Å². The van der Waals surface area contributed by atoms with Crippen molar-refractivity contribution in [1.29, 1.82) is 5.26 Å². The number of hydrogen-bond acceptors (Lipinski definition) is 6. The van der Waals surface area contributed by atoms with Gasteiger partial charge in [-0.15, -0.1) is 11.3 Å². The Kier molecular flexibility index (Phi) is 5.44. The second kappa shape index (κ2) is 7.80. The summed E-state index contributed by atoms with van der Waals surface area (Å²) >= 11 is 6.98. The Morgan fingerprint density at radius 3 is 2.89 bits per heavy atom. The minimum Gasteiger partial charge on any atom is -0.468 e. The van der Waals surface area contributed by atoms with Crippen LogP contribution < -0.4 is 16.0 Å². The van der Waals surface area contributed by atoms with Gasteiger partial charge in [-0.05, 0) is 18.2 Å². The molecule has 28 heavy (non-hydrogen) atoms. The van der Waals surface area contributed by atoms with Crippen LogP contribution in [0.5, 0.6) is 6.01 Å². The van der Waals surface area contributed by atoms with E-state index in [2.05, 4.69) is 9.97 Å². The predicted octanol–water partition coefficient (Wildman–Crippen LogP) is 4.26. The number of aromatic nitrogens is 2. The van der Waals surface area contributed by atoms with Crippen LogP contribution in [0.4, 0.5) is 13.8 Å². The molecule has 1 aromatic carbocycles. The van der Waals surface area contributed by atoms with Crippen LogP contribution in [0.1, 0.15) is 16.0 Å². The molecule has 3 N–H and O–H groups in total. The van der Waals surface area contributed by atoms with Crippen LogP contribution in [0.15, 0.2) is 29.1 Å². The second-order valence-corrected chi connectivity index (χ2v) is 6.92. The number of ether oxygens (including phenoxy) is 1. The molecule has 0 amide bonds. The lowest BCUT2D eigenvalue weighted by Crippen LogP contribution is -2.11. The smallest absolute Gasteiger partial charge is 0.296 e. The summed E-state index contributed by atoms with van der Waals surface area (Å²) in [5.74, 6) is -1.49. The molecule has 0 atom stereocenters. The number of benzene rings is 1. The van der Waals surface area contributed by atoms with E-state index in [4.69, 9.17) is 27.3 Å². The maximum atomic E-state index is 14.8. The van der Waals surface area contributed by atoms with E-state index in [0.29, 0.717) is 0 Å². The predicted molar refractivity (Wildman–Crippen MR) is 105 cm³/mol. The summed E-state index contributed by atoms with van der Waals surface area (Å²) in [5, 5.41) is 8.99. The molecule has 0 bridgehead atoms. The average molecular weight is 421 g/mol. The molecule has 0 aliphatic rings. The van der Waals surface area contributed by atoms with Crippen molar-refractivity contribution < 1.29 is 13.5 Å². The van der Waals surface area contributed by atoms with Gasteiger partial charge in [0.05, 0.1) is 28.0 Å². The highest BCUT2D eigenvalue weighted by Gasteiger charge is 2.15. The number of nitrogens with one attached hydrogen (secondary N) is 1. The fourth-order valence-electron chi connectivity index (χ4n) is 2.37. The van der Waals surface area contributed by atoms with Crippen molar-refractivity contribution in [2.45, 2.75) is 0 Å². The number of hydrogen-bond donors (Lipinski definition) is 2. The first-order valence-electron chi connectivity index (χ1n) is 7.65. The van der Waals surface area contributed by atoms with Gasteiger partial charge in [0.1, 0.15) is 22.4 Å². The standard InChI is InChI=1S/C18H11ClF2N4O2S/c1-27-18-24-15-10(17(26)25-18)6-11(19)9(14(15)21)3-2-4-12(20)13-5-8(7-22)16(23)28-13/h2-6H,23H2,1H3,(H,24,25,26)/b3-2+,12-4+. The van der Waals surface area contributed by atoms with Crippen LogP contribution in [-0.2, 0) is 0 Å². The lowest BCUT2D eigenvalue weighted by Gasteiger charge is -2.06. The highest BCUT2D eigenvalue weighted by molar-refractivity contribution is 7.17. The normalized spacial score (nSPS) is 11.9. The quantitative estimate of drug-likeness (QED) is 0.613. The molecule has 3 rings (SSSR count). The van der Waals surface area contributed by atoms with Crippen molar-refractivity contribution in [3.63, 3.8) is 0 Å². The summed E-state index contributed by atoms with van der Waals surface area (Å²) in [4.78, 5) is 18.4. The number of nitriles is 1. The van der Waals surface area contributed by atoms with Gasteiger partial charge in [0, 0.05) is 5.56 Å². The number of allylic oxidation sites excluding steroid dienone is 2. The molecule has 142 valence electrons. The highest BCUT2D eigenvalue weighted by atomic mass is 35.5. The van der Waals surface area contributed by atoms with Crippen LogP contribution >= 0.6 is 22.9 Å². The SMILES string of the molecule is COc1nc2c(F)c(/C=C/C=C(/F)c3cc(C#N)c(N)s3)c(Cl)cc2c(=O)[nH]1. The van der Waals surface area contributed by atoms with Crippen LogP contribution in [0.2, 0.25) is 5.02 Å². The van der Waals surface area contributed by atoms with Crippen molar-refractivity contribution in [2.75, 3.05) is 12.8 Å². The van der Waals surface area contributed by atoms with Gasteiger partial charge < -0.3 is 10.5 Å². The number of anilines is 1. The van der Waals surface area contributed by atoms with E-state index >= 15 is 0 Å². The second-order valence-electron chi connectivity index (χ2n) is 5.43. The molecule has 0 spiro atoms. The molecule has 0 aliphatic carbocycles. The first-order chi connectivity index (χ1) is 13.3. The summed E-state index contributed by atoms with van der Waals surface area (Å²) in [6.07, 6.45) is 3.57. The molecule has 0 fully saturated rings. The number of rotatable bonds is 4. The summed E-state index contributed by atoms with van der Waals surface area (Å²) in [6, 6.07) is 4.30. The Bertz CT molecular complexity index is 1240. The number of methoxy groups -OCH3 is 1. The molecule has 2 aromatic heterocycles. The zero-order chi connectivity index (χ0) is 20.4. The molecular weight excluding hydrogens is 410 g/mol. The monoisotopic (exact) mass is 420 g/mol. The Morgan fingerprint density at radius 1 is 1.50 bits per heavy atom. The first kappa shape index (κ1) is 19.5. The number of thiophene rings is 1. The van der Waals surface area contributed by atoms with Crippen molar-refractivity contribution in [3.8, 4) is 12.1 Å². The van der Waals surface area contributed by atoms with Crippen LogP contribution in [-0.4, -0.2) is 17.1 Å². The lowest BCUT2D eigenvalue weighted by molar-refractivity contribution is 0.380. The van der Waals surface area contributed by atoms with Crippen molar-refractivity contribution in [2.24, 2.45) is 0 Å². The van der Waals surface area contributed by atoms with Crippen molar-refractivity contribution in [3.05, 3.63) is 61.5 Å². The number of nitrogens with two attached hydrogens (primary N) is 1. The highest BCUT2D eigenvalue weighted by Crippen LogP contribution is 2.31. The fourth-order valence-corrected chi connectivity index (χ4v) is 3.42. The van der Waals surface area contributed by atoms with Gasteiger partial charge >= 0.3 is 0 Å². The Balaban J connectivity index is 2.01. The molecule has 0 saturated carbocycles. The number of nitrogen functional groups attached to an aromatic ring is 1. The summed E-state index contributed by atoms with van der Waals surface area (Å²) in [5.41, 5.74) is 4.90. The molecule has 3 aromatic rings. The molecule has 0 aliphatic heterocycles. The first-order valence-corrected chi connectivity index (χ1v) is 8.84. The van der Waals surface area contributed by atoms with E-state index in [0.717, 1.165) is 17.4 Å². The van der Waals surface area contributed by atoms with Crippen LogP contribution in [0.3, 0.4) is 0 Å². The van der Waals surface area contributed by atoms with E-state index in [1.54, 1.807) is 0 Å². The largest absolute Gasteiger partial charge is 0.468 e. The number of fused-ring (bicyclic) bond motifs is 1. The lowest BCUT2D eigenvalue weighted by atomic mass is 10.1. The summed E-state index contributed by atoms with van der Waals surface area (Å²) in [7, 11) is 1.28. The number of halogens is 3. The van der Waals surface area contributed by atoms with Crippen molar-refractivity contribution in [1.82, 2.24) is 9.97 Å². The Hall–Kier alpha value is -3.22. The van der Waals surface area contributed by atoms with E-state index in [1.165, 1.54) is 31.4 Å². The van der Waals surface area contributed by atoms with Crippen LogP contribution in [0.25, 0.3) is 22.8 Å². The van der Waals surface area contributed by atoms with Crippen molar-refractivity contribution >= 4 is 50.7 Å². The molecule has 0 unspecified atom stereocenters. The minimum absolute atomic E-state index is 0.0414. The van der Waals surface area contributed by atoms with Gasteiger partial charge in [-0.3, -0.25) is 9.78 Å². The maximum absolute atomic E-state index is 14.8. The molecular formula is C18H11ClF2N4O2S. The van der Waals surface area contributed by atoms with E-state index < -0.39 is 17.2 Å². The zero-order valence-electron chi connectivity index (χ0n) is 14.2. The zero-order valence-corrected chi connectivity index (χ0v) is 15.8. The van der Waals surface area contributed by atoms with Gasteiger partial charge in [-0.1, -0.05) is 23.8 Å². The number of H-pyrrole nitrogens is 1.